The van der Waals surface area contributed by atoms with Gasteiger partial charge in [-0.2, -0.15) is 0 Å². The largest absolute Gasteiger partial charge is 0.347 e. The number of anilines is 1. The van der Waals surface area contributed by atoms with E-state index >= 15 is 0 Å². The van der Waals surface area contributed by atoms with E-state index < -0.39 is 0 Å². The lowest BCUT2D eigenvalue weighted by Gasteiger charge is -2.07. The summed E-state index contributed by atoms with van der Waals surface area (Å²) in [6.07, 6.45) is 0. The SMILES string of the molecule is Cc1ccc(CNC(=O)c2ccc(NC(=O)c3ccccc3)cc2)s1. The molecule has 0 bridgehead atoms. The van der Waals surface area contributed by atoms with E-state index in [9.17, 15) is 9.59 Å². The quantitative estimate of drug-likeness (QED) is 0.723. The van der Waals surface area contributed by atoms with Gasteiger partial charge in [0.1, 0.15) is 0 Å². The van der Waals surface area contributed by atoms with Gasteiger partial charge in [0.2, 0.25) is 0 Å². The molecule has 0 saturated carbocycles. The van der Waals surface area contributed by atoms with Crippen molar-refractivity contribution in [2.45, 2.75) is 13.5 Å². The number of aryl methyl sites for hydroxylation is 1. The lowest BCUT2D eigenvalue weighted by Crippen LogP contribution is -2.22. The molecule has 0 spiro atoms. The lowest BCUT2D eigenvalue weighted by atomic mass is 10.1. The van der Waals surface area contributed by atoms with Gasteiger partial charge in [0.05, 0.1) is 6.54 Å². The topological polar surface area (TPSA) is 58.2 Å². The molecule has 2 aromatic carbocycles. The van der Waals surface area contributed by atoms with E-state index in [1.54, 1.807) is 47.7 Å². The minimum absolute atomic E-state index is 0.132. The number of nitrogens with one attached hydrogen (secondary N) is 2. The molecule has 0 fully saturated rings. The summed E-state index contributed by atoms with van der Waals surface area (Å²) >= 11 is 1.67. The third kappa shape index (κ3) is 4.55. The Labute approximate surface area is 150 Å². The number of carbonyl (C=O) groups is 2. The Kier molecular flexibility index (Phi) is 5.26. The van der Waals surface area contributed by atoms with Gasteiger partial charge in [-0.15, -0.1) is 11.3 Å². The van der Waals surface area contributed by atoms with Gasteiger partial charge < -0.3 is 10.6 Å². The van der Waals surface area contributed by atoms with E-state index in [1.807, 2.05) is 37.3 Å². The van der Waals surface area contributed by atoms with Crippen LogP contribution in [0.5, 0.6) is 0 Å². The molecule has 0 atom stereocenters. The molecule has 0 aliphatic carbocycles. The van der Waals surface area contributed by atoms with Gasteiger partial charge in [-0.1, -0.05) is 18.2 Å². The summed E-state index contributed by atoms with van der Waals surface area (Å²) in [7, 11) is 0. The lowest BCUT2D eigenvalue weighted by molar-refractivity contribution is 0.0950. The first-order valence-electron chi connectivity index (χ1n) is 7.92. The van der Waals surface area contributed by atoms with Crippen molar-refractivity contribution >= 4 is 28.8 Å². The molecule has 0 aliphatic heterocycles. The van der Waals surface area contributed by atoms with Crippen LogP contribution in [0.2, 0.25) is 0 Å². The Bertz CT molecular complexity index is 870. The van der Waals surface area contributed by atoms with Crippen molar-refractivity contribution in [3.05, 3.63) is 87.6 Å². The third-order valence-electron chi connectivity index (χ3n) is 3.66. The molecule has 1 aromatic heterocycles. The molecule has 0 saturated heterocycles. The predicted octanol–water partition coefficient (Wildman–Crippen LogP) is 4.24. The molecule has 2 amide bonds. The standard InChI is InChI=1S/C20H18N2O2S/c1-14-7-12-18(25-14)13-21-19(23)16-8-10-17(11-9-16)22-20(24)15-5-3-2-4-6-15/h2-12H,13H2,1H3,(H,21,23)(H,22,24). The van der Waals surface area contributed by atoms with Crippen LogP contribution in [-0.2, 0) is 6.54 Å². The first kappa shape index (κ1) is 16.9. The number of benzene rings is 2. The maximum Gasteiger partial charge on any atom is 0.255 e. The fourth-order valence-corrected chi connectivity index (χ4v) is 3.18. The molecule has 4 nitrogen and oxygen atoms in total. The monoisotopic (exact) mass is 350 g/mol. The summed E-state index contributed by atoms with van der Waals surface area (Å²) in [5.74, 6) is -0.308. The van der Waals surface area contributed by atoms with Gasteiger partial charge in [0, 0.05) is 26.6 Å². The number of thiophene rings is 1. The van der Waals surface area contributed by atoms with Crippen molar-refractivity contribution in [2.24, 2.45) is 0 Å². The fraction of sp³-hybridized carbons (Fsp3) is 0.100. The zero-order valence-corrected chi connectivity index (χ0v) is 14.6. The van der Waals surface area contributed by atoms with Crippen molar-refractivity contribution in [2.75, 3.05) is 5.32 Å². The van der Waals surface area contributed by atoms with Crippen molar-refractivity contribution in [1.29, 1.82) is 0 Å². The summed E-state index contributed by atoms with van der Waals surface area (Å²) in [4.78, 5) is 26.6. The van der Waals surface area contributed by atoms with E-state index in [0.29, 0.717) is 23.4 Å². The highest BCUT2D eigenvalue weighted by atomic mass is 32.1. The summed E-state index contributed by atoms with van der Waals surface area (Å²) in [5, 5.41) is 5.71. The van der Waals surface area contributed by atoms with E-state index in [0.717, 1.165) is 4.88 Å². The van der Waals surface area contributed by atoms with Crippen LogP contribution in [0.1, 0.15) is 30.5 Å². The zero-order chi connectivity index (χ0) is 17.6. The second-order valence-electron chi connectivity index (χ2n) is 5.59. The Morgan fingerprint density at radius 1 is 0.840 bits per heavy atom. The molecule has 126 valence electrons. The minimum atomic E-state index is -0.175. The predicted molar refractivity (Wildman–Crippen MR) is 101 cm³/mol. The number of hydrogen-bond acceptors (Lipinski definition) is 3. The number of carbonyl (C=O) groups excluding carboxylic acids is 2. The summed E-state index contributed by atoms with van der Waals surface area (Å²) < 4.78 is 0. The molecule has 25 heavy (non-hydrogen) atoms. The normalized spacial score (nSPS) is 10.3. The van der Waals surface area contributed by atoms with E-state index in [-0.39, 0.29) is 11.8 Å². The Morgan fingerprint density at radius 2 is 1.52 bits per heavy atom. The molecular formula is C20H18N2O2S. The first-order chi connectivity index (χ1) is 12.1. The number of hydrogen-bond donors (Lipinski definition) is 2. The van der Waals surface area contributed by atoms with Gasteiger partial charge in [-0.3, -0.25) is 9.59 Å². The Morgan fingerprint density at radius 3 is 2.16 bits per heavy atom. The smallest absolute Gasteiger partial charge is 0.255 e. The second-order valence-corrected chi connectivity index (χ2v) is 6.96. The van der Waals surface area contributed by atoms with Crippen LogP contribution in [-0.4, -0.2) is 11.8 Å². The Balaban J connectivity index is 1.58. The van der Waals surface area contributed by atoms with Crippen molar-refractivity contribution in [1.82, 2.24) is 5.32 Å². The molecule has 1 heterocycles. The van der Waals surface area contributed by atoms with Gasteiger partial charge >= 0.3 is 0 Å². The van der Waals surface area contributed by atoms with Crippen LogP contribution in [0.15, 0.2) is 66.7 Å². The van der Waals surface area contributed by atoms with Crippen LogP contribution >= 0.6 is 11.3 Å². The molecule has 3 aromatic rings. The van der Waals surface area contributed by atoms with Crippen molar-refractivity contribution in [3.63, 3.8) is 0 Å². The molecule has 5 heteroatoms. The van der Waals surface area contributed by atoms with Crippen LogP contribution in [0.3, 0.4) is 0 Å². The van der Waals surface area contributed by atoms with Crippen LogP contribution in [0.25, 0.3) is 0 Å². The summed E-state index contributed by atoms with van der Waals surface area (Å²) in [6.45, 7) is 2.56. The highest BCUT2D eigenvalue weighted by molar-refractivity contribution is 7.11. The van der Waals surface area contributed by atoms with Crippen molar-refractivity contribution < 1.29 is 9.59 Å². The van der Waals surface area contributed by atoms with Gasteiger partial charge in [0.15, 0.2) is 0 Å². The maximum absolute atomic E-state index is 12.2. The van der Waals surface area contributed by atoms with E-state index in [2.05, 4.69) is 10.6 Å². The first-order valence-corrected chi connectivity index (χ1v) is 8.73. The Hall–Kier alpha value is -2.92. The van der Waals surface area contributed by atoms with E-state index in [4.69, 9.17) is 0 Å². The molecular weight excluding hydrogens is 332 g/mol. The molecule has 0 unspecified atom stereocenters. The summed E-state index contributed by atoms with van der Waals surface area (Å²) in [5.41, 5.74) is 1.81. The van der Waals surface area contributed by atoms with Crippen LogP contribution in [0.4, 0.5) is 5.69 Å². The highest BCUT2D eigenvalue weighted by Crippen LogP contribution is 2.15. The molecule has 3 rings (SSSR count). The minimum Gasteiger partial charge on any atom is -0.347 e. The zero-order valence-electron chi connectivity index (χ0n) is 13.8. The molecule has 0 radical (unpaired) electrons. The average Bonchev–Trinajstić information content (AvgIpc) is 3.06. The highest BCUT2D eigenvalue weighted by Gasteiger charge is 2.08. The molecule has 2 N–H and O–H groups in total. The number of rotatable bonds is 5. The second kappa shape index (κ2) is 7.77. The number of amides is 2. The maximum atomic E-state index is 12.2. The van der Waals surface area contributed by atoms with Crippen LogP contribution in [0, 0.1) is 6.92 Å². The fourth-order valence-electron chi connectivity index (χ4n) is 2.35. The van der Waals surface area contributed by atoms with Gasteiger partial charge in [-0.25, -0.2) is 0 Å². The van der Waals surface area contributed by atoms with Gasteiger partial charge in [0.25, 0.3) is 11.8 Å². The third-order valence-corrected chi connectivity index (χ3v) is 4.66. The van der Waals surface area contributed by atoms with Gasteiger partial charge in [-0.05, 0) is 55.5 Å². The van der Waals surface area contributed by atoms with E-state index in [1.165, 1.54) is 4.88 Å². The summed E-state index contributed by atoms with van der Waals surface area (Å²) in [6, 6.07) is 19.9. The van der Waals surface area contributed by atoms with Crippen LogP contribution < -0.4 is 10.6 Å². The molecule has 0 aliphatic rings. The average molecular weight is 350 g/mol. The van der Waals surface area contributed by atoms with Crippen molar-refractivity contribution in [3.8, 4) is 0 Å².